The van der Waals surface area contributed by atoms with E-state index in [9.17, 15) is 9.59 Å². The van der Waals surface area contributed by atoms with Gasteiger partial charge in [0.2, 0.25) is 0 Å². The van der Waals surface area contributed by atoms with Gasteiger partial charge in [0.05, 0.1) is 0 Å². The van der Waals surface area contributed by atoms with Gasteiger partial charge in [-0.1, -0.05) is 0 Å². The third-order valence-corrected chi connectivity index (χ3v) is 1.10. The topological polar surface area (TPSA) is 83.8 Å². The molecule has 0 bridgehead atoms. The summed E-state index contributed by atoms with van der Waals surface area (Å²) in [5, 5.41) is 16.6. The molecule has 2 unspecified atom stereocenters. The molecule has 0 fully saturated rings. The van der Waals surface area contributed by atoms with Gasteiger partial charge in [0, 0.05) is 0 Å². The van der Waals surface area contributed by atoms with E-state index in [0.717, 1.165) is 0 Å². The molecule has 0 spiro atoms. The normalized spacial score (nSPS) is 14.2. The van der Waals surface area contributed by atoms with E-state index < -0.39 is 24.1 Å². The number of aliphatic carboxylic acids is 2. The van der Waals surface area contributed by atoms with Gasteiger partial charge in [-0.2, -0.15) is 0 Å². The van der Waals surface area contributed by atoms with Gasteiger partial charge in [0.1, 0.15) is 0 Å². The molecule has 0 heterocycles. The molecule has 0 amide bonds. The molecule has 0 aliphatic heterocycles. The number of carboxylic acid groups (broad SMARTS) is 2. The average Bonchev–Trinajstić information content (AvgIpc) is 1.87. The van der Waals surface area contributed by atoms with Gasteiger partial charge in [-0.15, -0.1) is 0 Å². The zero-order valence-corrected chi connectivity index (χ0v) is 9.27. The smallest absolute Gasteiger partial charge is 1.00 e. The van der Waals surface area contributed by atoms with Crippen LogP contribution in [0.25, 0.3) is 0 Å². The minimum atomic E-state index is -1.17. The fourth-order valence-corrected chi connectivity index (χ4v) is 0.423. The van der Waals surface area contributed by atoms with Crippen molar-refractivity contribution in [3.05, 3.63) is 0 Å². The Morgan fingerprint density at radius 2 is 1.42 bits per heavy atom. The van der Waals surface area contributed by atoms with Crippen LogP contribution in [0, 0.1) is 0 Å². The van der Waals surface area contributed by atoms with Gasteiger partial charge in [-0.3, -0.25) is 0 Å². The largest absolute Gasteiger partial charge is 1.00 e. The molecule has 0 aliphatic carbocycles. The van der Waals surface area contributed by atoms with E-state index in [0.29, 0.717) is 0 Å². The van der Waals surface area contributed by atoms with Crippen LogP contribution >= 0.6 is 0 Å². The first-order valence-corrected chi connectivity index (χ1v) is 3.06. The summed E-state index contributed by atoms with van der Waals surface area (Å²) in [6.07, 6.45) is -2.16. The molecule has 0 aliphatic rings. The van der Waals surface area contributed by atoms with Crippen LogP contribution in [-0.2, 0) is 14.3 Å². The quantitative estimate of drug-likeness (QED) is 0.459. The van der Waals surface area contributed by atoms with Gasteiger partial charge in [0.15, 0.2) is 12.2 Å². The Bertz CT molecular complexity index is 156. The Morgan fingerprint density at radius 3 is 1.58 bits per heavy atom. The van der Waals surface area contributed by atoms with Gasteiger partial charge >= 0.3 is 41.5 Å². The van der Waals surface area contributed by atoms with Crippen LogP contribution in [0.2, 0.25) is 0 Å². The van der Waals surface area contributed by atoms with Crippen molar-refractivity contribution < 1.29 is 55.5 Å². The maximum Gasteiger partial charge on any atom is 1.00 e. The maximum atomic E-state index is 10.1. The van der Waals surface area contributed by atoms with Crippen LogP contribution in [0.5, 0.6) is 0 Å². The second-order valence-electron chi connectivity index (χ2n) is 2.10. The van der Waals surface area contributed by atoms with Crippen LogP contribution in [-0.4, -0.2) is 34.4 Å². The van der Waals surface area contributed by atoms with Crippen molar-refractivity contribution in [2.75, 3.05) is 0 Å². The van der Waals surface area contributed by atoms with Crippen molar-refractivity contribution in [3.8, 4) is 0 Å². The summed E-state index contributed by atoms with van der Waals surface area (Å²) in [6.45, 7) is 2.56. The molecule has 0 rings (SSSR count). The summed E-state index contributed by atoms with van der Waals surface area (Å²) in [5.41, 5.74) is 0. The minimum absolute atomic E-state index is 0. The van der Waals surface area contributed by atoms with Crippen LogP contribution in [0.1, 0.15) is 15.3 Å². The molecule has 0 saturated carbocycles. The third kappa shape index (κ3) is 5.54. The third-order valence-electron chi connectivity index (χ3n) is 1.10. The zero-order chi connectivity index (χ0) is 9.02. The molecule has 66 valence electrons. The zero-order valence-electron chi connectivity index (χ0n) is 8.27. The minimum Gasteiger partial charge on any atom is -1.00 e. The van der Waals surface area contributed by atoms with Crippen LogP contribution in [0.15, 0.2) is 0 Å². The van der Waals surface area contributed by atoms with Crippen molar-refractivity contribution in [1.29, 1.82) is 0 Å². The van der Waals surface area contributed by atoms with Crippen LogP contribution < -0.4 is 29.6 Å². The molecular formula is C6H11NaO5. The Labute approximate surface area is 93.5 Å². The second kappa shape index (κ2) is 6.42. The standard InChI is InChI=1S/C6H10O5.Na.H/c1-3(5(7)8)11-4(2)6(9)10;;/h3-4H,1-2H3,(H,7,8)(H,9,10);;/q;+1;-1. The average molecular weight is 186 g/mol. The number of ether oxygens (including phenoxy) is 1. The fraction of sp³-hybridized carbons (Fsp3) is 0.667. The van der Waals surface area contributed by atoms with E-state index in [4.69, 9.17) is 10.2 Å². The van der Waals surface area contributed by atoms with E-state index in [1.54, 1.807) is 0 Å². The molecule has 0 aromatic heterocycles. The predicted molar refractivity (Wildman–Crippen MR) is 36.4 cm³/mol. The number of carbonyl (C=O) groups is 2. The number of hydrogen-bond acceptors (Lipinski definition) is 3. The van der Waals surface area contributed by atoms with Gasteiger partial charge in [-0.25, -0.2) is 9.59 Å². The van der Waals surface area contributed by atoms with Gasteiger partial charge in [0.25, 0.3) is 0 Å². The van der Waals surface area contributed by atoms with Crippen LogP contribution in [0.3, 0.4) is 0 Å². The summed E-state index contributed by atoms with van der Waals surface area (Å²) in [5.74, 6) is -2.34. The Morgan fingerprint density at radius 1 is 1.17 bits per heavy atom. The number of hydrogen-bond donors (Lipinski definition) is 2. The van der Waals surface area contributed by atoms with Gasteiger partial charge < -0.3 is 16.4 Å². The first-order valence-electron chi connectivity index (χ1n) is 3.06. The number of carboxylic acids is 2. The Balaban J connectivity index is -0.000000500. The molecule has 2 atom stereocenters. The number of rotatable bonds is 4. The first kappa shape index (κ1) is 14.4. The van der Waals surface area contributed by atoms with E-state index in [1.807, 2.05) is 0 Å². The van der Waals surface area contributed by atoms with E-state index in [-0.39, 0.29) is 31.0 Å². The predicted octanol–water partition coefficient (Wildman–Crippen LogP) is -2.93. The van der Waals surface area contributed by atoms with Crippen molar-refractivity contribution in [3.63, 3.8) is 0 Å². The molecule has 0 aromatic rings. The molecule has 12 heavy (non-hydrogen) atoms. The van der Waals surface area contributed by atoms with Gasteiger partial charge in [-0.05, 0) is 13.8 Å². The van der Waals surface area contributed by atoms with Crippen molar-refractivity contribution in [2.24, 2.45) is 0 Å². The molecule has 2 N–H and O–H groups in total. The Kier molecular flexibility index (Phi) is 7.72. The fourth-order valence-electron chi connectivity index (χ4n) is 0.423. The van der Waals surface area contributed by atoms with E-state index in [1.165, 1.54) is 13.8 Å². The molecular weight excluding hydrogens is 175 g/mol. The first-order chi connectivity index (χ1) is 4.95. The summed E-state index contributed by atoms with van der Waals surface area (Å²) in [4.78, 5) is 20.3. The van der Waals surface area contributed by atoms with Crippen molar-refractivity contribution >= 4 is 11.9 Å². The molecule has 0 saturated heterocycles. The summed E-state index contributed by atoms with van der Waals surface area (Å²) < 4.78 is 4.57. The molecule has 0 radical (unpaired) electrons. The van der Waals surface area contributed by atoms with Crippen LogP contribution in [0.4, 0.5) is 0 Å². The second-order valence-corrected chi connectivity index (χ2v) is 2.10. The Hall–Kier alpha value is -0.100. The monoisotopic (exact) mass is 186 g/mol. The SMILES string of the molecule is CC(OC(C)C(=O)O)C(=O)O.[H-].[Na+]. The summed E-state index contributed by atoms with van der Waals surface area (Å²) in [7, 11) is 0. The summed E-state index contributed by atoms with van der Waals surface area (Å²) in [6, 6.07) is 0. The molecule has 0 aromatic carbocycles. The summed E-state index contributed by atoms with van der Waals surface area (Å²) >= 11 is 0. The van der Waals surface area contributed by atoms with Crippen molar-refractivity contribution in [2.45, 2.75) is 26.1 Å². The van der Waals surface area contributed by atoms with Crippen molar-refractivity contribution in [1.82, 2.24) is 0 Å². The van der Waals surface area contributed by atoms with E-state index >= 15 is 0 Å². The molecule has 5 nitrogen and oxygen atoms in total. The van der Waals surface area contributed by atoms with E-state index in [2.05, 4.69) is 4.74 Å². The molecule has 6 heteroatoms. The maximum absolute atomic E-state index is 10.1.